The second-order valence-corrected chi connectivity index (χ2v) is 6.24. The van der Waals surface area contributed by atoms with E-state index in [9.17, 15) is 4.79 Å². The van der Waals surface area contributed by atoms with Crippen LogP contribution in [0.2, 0.25) is 0 Å². The van der Waals surface area contributed by atoms with Gasteiger partial charge in [0.15, 0.2) is 0 Å². The predicted molar refractivity (Wildman–Crippen MR) is 79.6 cm³/mol. The highest BCUT2D eigenvalue weighted by Crippen LogP contribution is 2.19. The summed E-state index contributed by atoms with van der Waals surface area (Å²) in [5.41, 5.74) is 0.0127. The van der Waals surface area contributed by atoms with Crippen molar-refractivity contribution in [1.29, 1.82) is 5.26 Å². The fourth-order valence-electron chi connectivity index (χ4n) is 2.36. The Balaban J connectivity index is 2.07. The third-order valence-corrected chi connectivity index (χ3v) is 3.46. The van der Waals surface area contributed by atoms with Crippen LogP contribution in [0.3, 0.4) is 0 Å². The fourth-order valence-corrected chi connectivity index (χ4v) is 2.36. The first-order valence-electron chi connectivity index (χ1n) is 7.19. The molecule has 1 aliphatic heterocycles. The molecule has 0 bridgehead atoms. The molecule has 1 fully saturated rings. The average molecular weight is 287 g/mol. The van der Waals surface area contributed by atoms with E-state index in [1.165, 1.54) is 0 Å². The van der Waals surface area contributed by atoms with Gasteiger partial charge in [0.2, 0.25) is 11.9 Å². The zero-order valence-corrected chi connectivity index (χ0v) is 12.8. The number of anilines is 1. The van der Waals surface area contributed by atoms with Crippen LogP contribution in [0.25, 0.3) is 0 Å². The summed E-state index contributed by atoms with van der Waals surface area (Å²) in [6, 6.07) is 3.62. The summed E-state index contributed by atoms with van der Waals surface area (Å²) < 4.78 is 0. The second kappa shape index (κ2) is 6.08. The van der Waals surface area contributed by atoms with Gasteiger partial charge in [-0.3, -0.25) is 4.79 Å². The lowest BCUT2D eigenvalue weighted by molar-refractivity contribution is -0.139. The summed E-state index contributed by atoms with van der Waals surface area (Å²) in [7, 11) is 0. The number of carbonyl (C=O) groups is 1. The Morgan fingerprint density at radius 1 is 1.29 bits per heavy atom. The van der Waals surface area contributed by atoms with E-state index in [4.69, 9.17) is 5.26 Å². The maximum absolute atomic E-state index is 12.3. The number of hydrogen-bond acceptors (Lipinski definition) is 5. The standard InChI is InChI=1S/C15H21N5O/c1-15(2,3)13(21)19-7-4-8-20(10-9-19)14-17-6-5-12(11-16)18-14/h5-6H,4,7-10H2,1-3H3. The van der Waals surface area contributed by atoms with Gasteiger partial charge in [0, 0.05) is 37.8 Å². The molecule has 0 atom stereocenters. The van der Waals surface area contributed by atoms with Gasteiger partial charge in [-0.05, 0) is 12.5 Å². The SMILES string of the molecule is CC(C)(C)C(=O)N1CCCN(c2nccc(C#N)n2)CC1. The summed E-state index contributed by atoms with van der Waals surface area (Å²) in [6.45, 7) is 8.73. The van der Waals surface area contributed by atoms with Gasteiger partial charge in [-0.25, -0.2) is 9.97 Å². The van der Waals surface area contributed by atoms with Crippen molar-refractivity contribution in [2.45, 2.75) is 27.2 Å². The van der Waals surface area contributed by atoms with Crippen molar-refractivity contribution >= 4 is 11.9 Å². The molecule has 1 aromatic heterocycles. The van der Waals surface area contributed by atoms with E-state index in [0.717, 1.165) is 19.5 Å². The van der Waals surface area contributed by atoms with Crippen molar-refractivity contribution in [3.8, 4) is 6.07 Å². The topological polar surface area (TPSA) is 73.1 Å². The number of nitrogens with zero attached hydrogens (tertiary/aromatic N) is 5. The highest BCUT2D eigenvalue weighted by molar-refractivity contribution is 5.81. The first-order chi connectivity index (χ1) is 9.91. The van der Waals surface area contributed by atoms with Crippen LogP contribution < -0.4 is 4.90 Å². The molecule has 0 radical (unpaired) electrons. The van der Waals surface area contributed by atoms with Crippen LogP contribution in [0.1, 0.15) is 32.9 Å². The molecule has 0 saturated carbocycles. The summed E-state index contributed by atoms with van der Waals surface area (Å²) in [5, 5.41) is 8.91. The predicted octanol–water partition coefficient (Wildman–Crippen LogP) is 1.43. The molecule has 0 aromatic carbocycles. The minimum absolute atomic E-state index is 0.177. The zero-order valence-electron chi connectivity index (χ0n) is 12.8. The third kappa shape index (κ3) is 3.69. The maximum atomic E-state index is 12.3. The molecule has 6 nitrogen and oxygen atoms in total. The highest BCUT2D eigenvalue weighted by atomic mass is 16.2. The molecule has 112 valence electrons. The molecular formula is C15H21N5O. The molecule has 21 heavy (non-hydrogen) atoms. The Morgan fingerprint density at radius 3 is 2.71 bits per heavy atom. The van der Waals surface area contributed by atoms with Gasteiger partial charge < -0.3 is 9.80 Å². The molecule has 1 aliphatic rings. The van der Waals surface area contributed by atoms with Crippen molar-refractivity contribution in [2.24, 2.45) is 5.41 Å². The van der Waals surface area contributed by atoms with E-state index >= 15 is 0 Å². The minimum Gasteiger partial charge on any atom is -0.340 e. The third-order valence-electron chi connectivity index (χ3n) is 3.46. The molecule has 1 amide bonds. The Morgan fingerprint density at radius 2 is 2.05 bits per heavy atom. The van der Waals surface area contributed by atoms with Crippen molar-refractivity contribution in [3.63, 3.8) is 0 Å². The van der Waals surface area contributed by atoms with E-state index in [-0.39, 0.29) is 11.3 Å². The van der Waals surface area contributed by atoms with Crippen LogP contribution in [-0.2, 0) is 4.79 Å². The number of hydrogen-bond donors (Lipinski definition) is 0. The average Bonchev–Trinajstić information content (AvgIpc) is 2.71. The normalized spacial score (nSPS) is 16.3. The molecule has 0 spiro atoms. The monoisotopic (exact) mass is 287 g/mol. The smallest absolute Gasteiger partial charge is 0.228 e. The maximum Gasteiger partial charge on any atom is 0.228 e. The molecule has 0 unspecified atom stereocenters. The van der Waals surface area contributed by atoms with Gasteiger partial charge in [-0.15, -0.1) is 0 Å². The summed E-state index contributed by atoms with van der Waals surface area (Å²) >= 11 is 0. The van der Waals surface area contributed by atoms with Gasteiger partial charge in [0.1, 0.15) is 11.8 Å². The molecule has 1 aromatic rings. The Bertz CT molecular complexity index is 558. The molecule has 0 aliphatic carbocycles. The first kappa shape index (κ1) is 15.2. The van der Waals surface area contributed by atoms with Crippen molar-refractivity contribution < 1.29 is 4.79 Å². The quantitative estimate of drug-likeness (QED) is 0.781. The Labute approximate surface area is 125 Å². The zero-order chi connectivity index (χ0) is 15.5. The van der Waals surface area contributed by atoms with E-state index in [1.807, 2.05) is 36.6 Å². The van der Waals surface area contributed by atoms with E-state index in [1.54, 1.807) is 12.3 Å². The molecule has 2 rings (SSSR count). The number of aromatic nitrogens is 2. The van der Waals surface area contributed by atoms with Gasteiger partial charge in [0.05, 0.1) is 0 Å². The van der Waals surface area contributed by atoms with E-state index in [0.29, 0.717) is 24.7 Å². The van der Waals surface area contributed by atoms with Crippen LogP contribution in [-0.4, -0.2) is 47.0 Å². The van der Waals surface area contributed by atoms with Crippen molar-refractivity contribution in [3.05, 3.63) is 18.0 Å². The van der Waals surface area contributed by atoms with E-state index < -0.39 is 0 Å². The fraction of sp³-hybridized carbons (Fsp3) is 0.600. The van der Waals surface area contributed by atoms with Crippen LogP contribution in [0.15, 0.2) is 12.3 Å². The first-order valence-corrected chi connectivity index (χ1v) is 7.19. The van der Waals surface area contributed by atoms with Gasteiger partial charge in [-0.1, -0.05) is 20.8 Å². The summed E-state index contributed by atoms with van der Waals surface area (Å²) in [5.74, 6) is 0.746. The number of carbonyl (C=O) groups excluding carboxylic acids is 1. The largest absolute Gasteiger partial charge is 0.340 e. The highest BCUT2D eigenvalue weighted by Gasteiger charge is 2.28. The Kier molecular flexibility index (Phi) is 4.41. The van der Waals surface area contributed by atoms with E-state index in [2.05, 4.69) is 9.97 Å². The molecule has 0 N–H and O–H groups in total. The second-order valence-electron chi connectivity index (χ2n) is 6.24. The van der Waals surface area contributed by atoms with Crippen LogP contribution in [0.4, 0.5) is 5.95 Å². The van der Waals surface area contributed by atoms with Crippen molar-refractivity contribution in [1.82, 2.24) is 14.9 Å². The lowest BCUT2D eigenvalue weighted by atomic mass is 9.94. The van der Waals surface area contributed by atoms with Gasteiger partial charge >= 0.3 is 0 Å². The summed E-state index contributed by atoms with van der Waals surface area (Å²) in [6.07, 6.45) is 2.48. The molecule has 2 heterocycles. The van der Waals surface area contributed by atoms with Crippen LogP contribution in [0.5, 0.6) is 0 Å². The lowest BCUT2D eigenvalue weighted by Gasteiger charge is -2.28. The number of rotatable bonds is 1. The van der Waals surface area contributed by atoms with Crippen LogP contribution >= 0.6 is 0 Å². The van der Waals surface area contributed by atoms with Crippen molar-refractivity contribution in [2.75, 3.05) is 31.1 Å². The van der Waals surface area contributed by atoms with Gasteiger partial charge in [0.25, 0.3) is 0 Å². The number of amides is 1. The minimum atomic E-state index is -0.355. The summed E-state index contributed by atoms with van der Waals surface area (Å²) in [4.78, 5) is 24.8. The number of nitriles is 1. The Hall–Kier alpha value is -2.16. The molecular weight excluding hydrogens is 266 g/mol. The van der Waals surface area contributed by atoms with Crippen LogP contribution in [0, 0.1) is 16.7 Å². The molecule has 1 saturated heterocycles. The lowest BCUT2D eigenvalue weighted by Crippen LogP contribution is -2.41. The van der Waals surface area contributed by atoms with Gasteiger partial charge in [-0.2, -0.15) is 5.26 Å². The molecule has 6 heteroatoms.